The lowest BCUT2D eigenvalue weighted by Gasteiger charge is -2.38. The molecule has 1 aromatic rings. The Bertz CT molecular complexity index is 717. The second kappa shape index (κ2) is 9.12. The Morgan fingerprint density at radius 3 is 2.33 bits per heavy atom. The quantitative estimate of drug-likeness (QED) is 0.790. The largest absolute Gasteiger partial charge is 0.497 e. The Balaban J connectivity index is 1.31. The minimum Gasteiger partial charge on any atom is -0.497 e. The summed E-state index contributed by atoms with van der Waals surface area (Å²) in [4.78, 5) is 17.4. The van der Waals surface area contributed by atoms with Crippen LogP contribution in [0.25, 0.3) is 0 Å². The topological polar surface area (TPSA) is 71.5 Å². The lowest BCUT2D eigenvalue weighted by Crippen LogP contribution is -2.44. The number of likely N-dealkylation sites (tertiary alicyclic amines) is 2. The summed E-state index contributed by atoms with van der Waals surface area (Å²) in [5, 5.41) is 9.69. The number of hydrogen-bond acceptors (Lipinski definition) is 6. The normalized spacial score (nSPS) is 24.9. The van der Waals surface area contributed by atoms with Gasteiger partial charge < -0.3 is 29.1 Å². The van der Waals surface area contributed by atoms with E-state index < -0.39 is 0 Å². The fourth-order valence-corrected chi connectivity index (χ4v) is 5.05. The fraction of sp³-hybridized carbons (Fsp3) is 0.696. The highest BCUT2D eigenvalue weighted by Crippen LogP contribution is 2.42. The van der Waals surface area contributed by atoms with Gasteiger partial charge in [-0.2, -0.15) is 0 Å². The molecule has 3 aliphatic rings. The van der Waals surface area contributed by atoms with E-state index in [0.717, 1.165) is 71.4 Å². The Hall–Kier alpha value is -1.83. The zero-order chi connectivity index (χ0) is 21.1. The standard InChI is InChI=1S/C23H34N2O5/c1-28-19-11-17(12-20(13-19)29-2)22(27)25-9-5-23(6-10-25)14-21(30-16-23)15-24-7-3-18(26)4-8-24/h11-13,18,21,26H,3-10,14-16H2,1-2H3/t21-/m0/s1. The number of nitrogens with zero attached hydrogens (tertiary/aromatic N) is 2. The first kappa shape index (κ1) is 21.4. The van der Waals surface area contributed by atoms with Crippen LogP contribution in [-0.2, 0) is 4.74 Å². The average Bonchev–Trinajstić information content (AvgIpc) is 3.16. The highest BCUT2D eigenvalue weighted by atomic mass is 16.5. The number of methoxy groups -OCH3 is 2. The van der Waals surface area contributed by atoms with Gasteiger partial charge in [0.1, 0.15) is 11.5 Å². The molecule has 0 saturated carbocycles. The van der Waals surface area contributed by atoms with E-state index in [2.05, 4.69) is 4.90 Å². The number of carbonyl (C=O) groups is 1. The van der Waals surface area contributed by atoms with Crippen LogP contribution in [0, 0.1) is 5.41 Å². The van der Waals surface area contributed by atoms with Crippen molar-refractivity contribution in [1.82, 2.24) is 9.80 Å². The maximum atomic E-state index is 13.0. The third-order valence-electron chi connectivity index (χ3n) is 7.01. The van der Waals surface area contributed by atoms with Crippen LogP contribution in [0.4, 0.5) is 0 Å². The van der Waals surface area contributed by atoms with Crippen LogP contribution in [0.15, 0.2) is 18.2 Å². The van der Waals surface area contributed by atoms with E-state index in [0.29, 0.717) is 17.1 Å². The molecule has 7 nitrogen and oxygen atoms in total. The number of aliphatic hydroxyl groups is 1. The van der Waals surface area contributed by atoms with Crippen LogP contribution in [0.2, 0.25) is 0 Å². The molecule has 1 N–H and O–H groups in total. The Labute approximate surface area is 178 Å². The fourth-order valence-electron chi connectivity index (χ4n) is 5.05. The molecule has 1 aromatic carbocycles. The van der Waals surface area contributed by atoms with Crippen LogP contribution < -0.4 is 9.47 Å². The highest BCUT2D eigenvalue weighted by molar-refractivity contribution is 5.95. The van der Waals surface area contributed by atoms with E-state index in [9.17, 15) is 9.90 Å². The molecule has 0 unspecified atom stereocenters. The maximum absolute atomic E-state index is 13.0. The van der Waals surface area contributed by atoms with Crippen molar-refractivity contribution >= 4 is 5.91 Å². The summed E-state index contributed by atoms with van der Waals surface area (Å²) in [6, 6.07) is 5.33. The lowest BCUT2D eigenvalue weighted by atomic mass is 9.76. The monoisotopic (exact) mass is 418 g/mol. The second-order valence-electron chi connectivity index (χ2n) is 9.06. The molecule has 4 rings (SSSR count). The lowest BCUT2D eigenvalue weighted by molar-refractivity contribution is 0.0302. The molecular weight excluding hydrogens is 384 g/mol. The highest BCUT2D eigenvalue weighted by Gasteiger charge is 2.43. The van der Waals surface area contributed by atoms with Gasteiger partial charge >= 0.3 is 0 Å². The second-order valence-corrected chi connectivity index (χ2v) is 9.06. The molecule has 1 amide bonds. The van der Waals surface area contributed by atoms with Crippen LogP contribution in [0.1, 0.15) is 42.5 Å². The smallest absolute Gasteiger partial charge is 0.254 e. The van der Waals surface area contributed by atoms with Crippen molar-refractivity contribution in [2.45, 2.75) is 44.3 Å². The molecule has 3 aliphatic heterocycles. The van der Waals surface area contributed by atoms with E-state index in [1.54, 1.807) is 32.4 Å². The summed E-state index contributed by atoms with van der Waals surface area (Å²) in [5.74, 6) is 1.29. The maximum Gasteiger partial charge on any atom is 0.254 e. The minimum atomic E-state index is -0.136. The molecular formula is C23H34N2O5. The summed E-state index contributed by atoms with van der Waals surface area (Å²) in [5.41, 5.74) is 0.804. The number of benzene rings is 1. The van der Waals surface area contributed by atoms with Crippen molar-refractivity contribution in [2.75, 3.05) is 53.6 Å². The van der Waals surface area contributed by atoms with Crippen LogP contribution >= 0.6 is 0 Å². The third kappa shape index (κ3) is 4.74. The number of piperidine rings is 2. The average molecular weight is 419 g/mol. The van der Waals surface area contributed by atoms with Crippen LogP contribution in [-0.4, -0.2) is 86.6 Å². The molecule has 7 heteroatoms. The number of rotatable bonds is 5. The van der Waals surface area contributed by atoms with Gasteiger partial charge in [0.25, 0.3) is 5.91 Å². The number of ether oxygens (including phenoxy) is 3. The third-order valence-corrected chi connectivity index (χ3v) is 7.01. The first-order valence-electron chi connectivity index (χ1n) is 11.0. The van der Waals surface area contributed by atoms with Gasteiger partial charge in [0.05, 0.1) is 33.0 Å². The molecule has 3 saturated heterocycles. The first-order valence-corrected chi connectivity index (χ1v) is 11.0. The van der Waals surface area contributed by atoms with Crippen molar-refractivity contribution in [3.05, 3.63) is 23.8 Å². The minimum absolute atomic E-state index is 0.0318. The molecule has 166 valence electrons. The van der Waals surface area contributed by atoms with Crippen molar-refractivity contribution in [1.29, 1.82) is 0 Å². The molecule has 1 spiro atoms. The zero-order valence-electron chi connectivity index (χ0n) is 18.1. The number of aliphatic hydroxyl groups excluding tert-OH is 1. The molecule has 0 aliphatic carbocycles. The van der Waals surface area contributed by atoms with E-state index in [1.807, 2.05) is 4.90 Å². The Morgan fingerprint density at radius 1 is 1.10 bits per heavy atom. The van der Waals surface area contributed by atoms with Gasteiger partial charge in [0.15, 0.2) is 0 Å². The van der Waals surface area contributed by atoms with Gasteiger partial charge in [-0.1, -0.05) is 0 Å². The molecule has 30 heavy (non-hydrogen) atoms. The molecule has 3 heterocycles. The van der Waals surface area contributed by atoms with Gasteiger partial charge in [-0.25, -0.2) is 0 Å². The molecule has 3 fully saturated rings. The summed E-state index contributed by atoms with van der Waals surface area (Å²) < 4.78 is 16.8. The van der Waals surface area contributed by atoms with E-state index in [-0.39, 0.29) is 23.5 Å². The Kier molecular flexibility index (Phi) is 6.51. The molecule has 0 radical (unpaired) electrons. The summed E-state index contributed by atoms with van der Waals surface area (Å²) in [6.07, 6.45) is 4.90. The predicted octanol–water partition coefficient (Wildman–Crippen LogP) is 2.17. The van der Waals surface area contributed by atoms with Gasteiger partial charge in [-0.15, -0.1) is 0 Å². The predicted molar refractivity (Wildman–Crippen MR) is 113 cm³/mol. The van der Waals surface area contributed by atoms with Gasteiger partial charge in [0, 0.05) is 44.4 Å². The summed E-state index contributed by atoms with van der Waals surface area (Å²) in [7, 11) is 3.19. The van der Waals surface area contributed by atoms with Gasteiger partial charge in [-0.05, 0) is 49.7 Å². The molecule has 0 bridgehead atoms. The SMILES string of the molecule is COc1cc(OC)cc(C(=O)N2CCC3(CC2)CO[C@H](CN2CCC(O)CC2)C3)c1. The van der Waals surface area contributed by atoms with Gasteiger partial charge in [0.2, 0.25) is 0 Å². The summed E-state index contributed by atoms with van der Waals surface area (Å²) >= 11 is 0. The van der Waals surface area contributed by atoms with Crippen molar-refractivity contribution in [3.63, 3.8) is 0 Å². The van der Waals surface area contributed by atoms with Crippen LogP contribution in [0.3, 0.4) is 0 Å². The zero-order valence-corrected chi connectivity index (χ0v) is 18.1. The van der Waals surface area contributed by atoms with Crippen LogP contribution in [0.5, 0.6) is 11.5 Å². The van der Waals surface area contributed by atoms with Crippen molar-refractivity contribution in [3.8, 4) is 11.5 Å². The van der Waals surface area contributed by atoms with E-state index in [4.69, 9.17) is 14.2 Å². The van der Waals surface area contributed by atoms with Crippen molar-refractivity contribution < 1.29 is 24.1 Å². The number of hydrogen-bond donors (Lipinski definition) is 1. The number of carbonyl (C=O) groups excluding carboxylic acids is 1. The number of amides is 1. The van der Waals surface area contributed by atoms with Gasteiger partial charge in [-0.3, -0.25) is 4.79 Å². The van der Waals surface area contributed by atoms with E-state index >= 15 is 0 Å². The molecule has 1 atom stereocenters. The van der Waals surface area contributed by atoms with Crippen molar-refractivity contribution in [2.24, 2.45) is 5.41 Å². The summed E-state index contributed by atoms with van der Waals surface area (Å²) in [6.45, 7) is 5.18. The first-order chi connectivity index (χ1) is 14.5. The van der Waals surface area contributed by atoms with E-state index in [1.165, 1.54) is 0 Å². The molecule has 0 aromatic heterocycles. The Morgan fingerprint density at radius 2 is 1.73 bits per heavy atom.